The van der Waals surface area contributed by atoms with Crippen molar-refractivity contribution >= 4 is 31.3 Å². The van der Waals surface area contributed by atoms with E-state index in [0.717, 1.165) is 6.42 Å². The molecule has 0 bridgehead atoms. The molecule has 1 rings (SSSR count). The van der Waals surface area contributed by atoms with Gasteiger partial charge in [0.05, 0.1) is 18.2 Å². The average molecular weight is 348 g/mol. The van der Waals surface area contributed by atoms with Crippen molar-refractivity contribution in [2.24, 2.45) is 0 Å². The lowest BCUT2D eigenvalue weighted by atomic mass is 10.2. The first-order chi connectivity index (χ1) is 10.0. The number of carbonyl (C=O) groups excluding carboxylic acids is 2. The minimum absolute atomic E-state index is 0.0894. The van der Waals surface area contributed by atoms with Crippen LogP contribution in [0.25, 0.3) is 0 Å². The number of rotatable bonds is 7. The van der Waals surface area contributed by atoms with Crippen LogP contribution in [0.5, 0.6) is 0 Å². The highest BCUT2D eigenvalue weighted by atomic mass is 32.2. The van der Waals surface area contributed by atoms with Gasteiger partial charge < -0.3 is 13.8 Å². The first-order valence-corrected chi connectivity index (χ1v) is 11.6. The number of hydrogen-bond acceptors (Lipinski definition) is 5. The van der Waals surface area contributed by atoms with Crippen molar-refractivity contribution in [3.05, 3.63) is 0 Å². The number of amides is 1. The van der Waals surface area contributed by atoms with E-state index >= 15 is 0 Å². The van der Waals surface area contributed by atoms with Crippen LogP contribution >= 0.6 is 11.8 Å². The van der Waals surface area contributed by atoms with Gasteiger partial charge in [0.2, 0.25) is 5.91 Å². The van der Waals surface area contributed by atoms with Gasteiger partial charge in [-0.2, -0.15) is 0 Å². The first-order valence-electron chi connectivity index (χ1n) is 7.77. The Bertz CT molecular complexity index is 409. The van der Waals surface area contributed by atoms with Crippen LogP contribution in [0.3, 0.4) is 0 Å². The molecule has 5 nitrogen and oxygen atoms in total. The van der Waals surface area contributed by atoms with Gasteiger partial charge in [-0.1, -0.05) is 11.8 Å². The van der Waals surface area contributed by atoms with Crippen LogP contribution < -0.4 is 0 Å². The molecule has 0 aromatic carbocycles. The van der Waals surface area contributed by atoms with E-state index in [2.05, 4.69) is 0 Å². The Balaban J connectivity index is 2.49. The number of nitrogens with zero attached hydrogens (tertiary/aromatic N) is 1. The van der Waals surface area contributed by atoms with Crippen molar-refractivity contribution in [2.45, 2.75) is 65.3 Å². The van der Waals surface area contributed by atoms with Gasteiger partial charge in [-0.15, -0.1) is 0 Å². The van der Waals surface area contributed by atoms with Gasteiger partial charge >= 0.3 is 8.56 Å². The van der Waals surface area contributed by atoms with Crippen LogP contribution in [0.15, 0.2) is 0 Å². The predicted octanol–water partition coefficient (Wildman–Crippen LogP) is 2.79. The summed E-state index contributed by atoms with van der Waals surface area (Å²) in [5, 5.41) is 0.0894. The topological polar surface area (TPSA) is 55.8 Å². The molecule has 0 aromatic heterocycles. The SMILES string of the molecule is CC(=O)SCCN1C(=O)CC[C@@H]1CO[Si](C)(C)OC(C)(C)C. The molecule has 1 saturated heterocycles. The minimum Gasteiger partial charge on any atom is -0.392 e. The number of thioether (sulfide) groups is 1. The molecule has 1 aliphatic heterocycles. The van der Waals surface area contributed by atoms with Crippen molar-refractivity contribution in [3.8, 4) is 0 Å². The lowest BCUT2D eigenvalue weighted by Gasteiger charge is -2.33. The highest BCUT2D eigenvalue weighted by Crippen LogP contribution is 2.23. The Hall–Kier alpha value is -0.373. The van der Waals surface area contributed by atoms with Gasteiger partial charge in [0.1, 0.15) is 0 Å². The largest absolute Gasteiger partial charge is 0.392 e. The van der Waals surface area contributed by atoms with Crippen molar-refractivity contribution in [1.29, 1.82) is 0 Å². The Morgan fingerprint density at radius 1 is 1.41 bits per heavy atom. The summed E-state index contributed by atoms with van der Waals surface area (Å²) in [7, 11) is -2.20. The molecule has 1 aliphatic rings. The molecule has 1 amide bonds. The van der Waals surface area contributed by atoms with Gasteiger partial charge in [-0.25, -0.2) is 0 Å². The zero-order chi connectivity index (χ0) is 17.0. The molecular formula is C15H29NO4SSi. The number of carbonyl (C=O) groups is 2. The average Bonchev–Trinajstić information content (AvgIpc) is 2.65. The summed E-state index contributed by atoms with van der Waals surface area (Å²) in [4.78, 5) is 24.8. The highest BCUT2D eigenvalue weighted by molar-refractivity contribution is 8.13. The maximum Gasteiger partial charge on any atom is 0.332 e. The van der Waals surface area contributed by atoms with E-state index in [9.17, 15) is 9.59 Å². The summed E-state index contributed by atoms with van der Waals surface area (Å²) in [5.74, 6) is 0.811. The van der Waals surface area contributed by atoms with E-state index in [1.54, 1.807) is 6.92 Å². The van der Waals surface area contributed by atoms with Crippen LogP contribution in [0, 0.1) is 0 Å². The molecule has 0 aliphatic carbocycles. The summed E-state index contributed by atoms with van der Waals surface area (Å²) < 4.78 is 12.1. The highest BCUT2D eigenvalue weighted by Gasteiger charge is 2.35. The van der Waals surface area contributed by atoms with Gasteiger partial charge in [-0.3, -0.25) is 9.59 Å². The van der Waals surface area contributed by atoms with Crippen LogP contribution in [0.4, 0.5) is 0 Å². The molecule has 0 radical (unpaired) electrons. The van der Waals surface area contributed by atoms with Crippen molar-refractivity contribution in [2.75, 3.05) is 18.9 Å². The standard InChI is InChI=1S/C15H29NO4SSi/c1-12(17)21-10-9-16-13(7-8-14(16)18)11-19-22(5,6)20-15(2,3)4/h13H,7-11H2,1-6H3/t13-/m1/s1. The molecule has 7 heteroatoms. The van der Waals surface area contributed by atoms with E-state index in [1.165, 1.54) is 11.8 Å². The smallest absolute Gasteiger partial charge is 0.332 e. The van der Waals surface area contributed by atoms with Crippen LogP contribution in [-0.4, -0.2) is 55.0 Å². The van der Waals surface area contributed by atoms with Gasteiger partial charge in [-0.05, 0) is 40.3 Å². The molecule has 0 unspecified atom stereocenters. The number of hydrogen-bond donors (Lipinski definition) is 0. The zero-order valence-electron chi connectivity index (χ0n) is 14.6. The maximum atomic E-state index is 12.0. The quantitative estimate of drug-likeness (QED) is 0.663. The van der Waals surface area contributed by atoms with Crippen molar-refractivity contribution in [1.82, 2.24) is 4.90 Å². The second-order valence-electron chi connectivity index (χ2n) is 7.04. The van der Waals surface area contributed by atoms with Crippen LogP contribution in [0.1, 0.15) is 40.5 Å². The molecule has 1 atom stereocenters. The third kappa shape index (κ3) is 7.26. The van der Waals surface area contributed by atoms with E-state index < -0.39 is 8.56 Å². The molecule has 0 spiro atoms. The normalized spacial score (nSPS) is 19.8. The third-order valence-corrected chi connectivity index (χ3v) is 6.02. The molecule has 0 N–H and O–H groups in total. The molecule has 128 valence electrons. The predicted molar refractivity (Wildman–Crippen MR) is 92.1 cm³/mol. The second kappa shape index (κ2) is 7.94. The summed E-state index contributed by atoms with van der Waals surface area (Å²) in [6.07, 6.45) is 1.39. The zero-order valence-corrected chi connectivity index (χ0v) is 16.4. The Morgan fingerprint density at radius 3 is 2.59 bits per heavy atom. The fourth-order valence-corrected chi connectivity index (χ4v) is 5.33. The molecule has 0 aromatic rings. The van der Waals surface area contributed by atoms with Gasteiger partial charge in [0, 0.05) is 25.6 Å². The summed E-state index contributed by atoms with van der Waals surface area (Å²) in [5.41, 5.74) is -0.223. The molecule has 22 heavy (non-hydrogen) atoms. The third-order valence-electron chi connectivity index (χ3n) is 3.27. The lowest BCUT2D eigenvalue weighted by molar-refractivity contribution is -0.129. The summed E-state index contributed by atoms with van der Waals surface area (Å²) in [6, 6.07) is 0.107. The van der Waals surface area contributed by atoms with E-state index in [4.69, 9.17) is 8.85 Å². The molecule has 1 fully saturated rings. The van der Waals surface area contributed by atoms with Crippen molar-refractivity contribution in [3.63, 3.8) is 0 Å². The van der Waals surface area contributed by atoms with Crippen LogP contribution in [0.2, 0.25) is 13.1 Å². The van der Waals surface area contributed by atoms with E-state index in [1.807, 2.05) is 38.8 Å². The fourth-order valence-electron chi connectivity index (χ4n) is 2.63. The second-order valence-corrected chi connectivity index (χ2v) is 11.6. The van der Waals surface area contributed by atoms with E-state index in [-0.39, 0.29) is 22.7 Å². The first kappa shape index (κ1) is 19.7. The monoisotopic (exact) mass is 347 g/mol. The fraction of sp³-hybridized carbons (Fsp3) is 0.867. The molecule has 1 heterocycles. The van der Waals surface area contributed by atoms with Gasteiger partial charge in [0.25, 0.3) is 0 Å². The van der Waals surface area contributed by atoms with Crippen molar-refractivity contribution < 1.29 is 18.4 Å². The maximum absolute atomic E-state index is 12.0. The molecular weight excluding hydrogens is 318 g/mol. The van der Waals surface area contributed by atoms with Gasteiger partial charge in [0.15, 0.2) is 5.12 Å². The Labute approximate surface area is 139 Å². The summed E-state index contributed by atoms with van der Waals surface area (Å²) in [6.45, 7) is 12.8. The molecule has 0 saturated carbocycles. The number of likely N-dealkylation sites (tertiary alicyclic amines) is 1. The van der Waals surface area contributed by atoms with Crippen LogP contribution in [-0.2, 0) is 18.4 Å². The van der Waals surface area contributed by atoms with E-state index in [0.29, 0.717) is 25.3 Å². The Morgan fingerprint density at radius 2 is 2.05 bits per heavy atom. The summed E-state index contributed by atoms with van der Waals surface area (Å²) >= 11 is 1.26. The minimum atomic E-state index is -2.20. The Kier molecular flexibility index (Phi) is 7.10. The lowest BCUT2D eigenvalue weighted by Crippen LogP contribution is -2.46.